The summed E-state index contributed by atoms with van der Waals surface area (Å²) in [6, 6.07) is 5.71. The molecular formula is C30H41N5O3. The number of hydrogen-bond donors (Lipinski definition) is 3. The monoisotopic (exact) mass is 519 g/mol. The number of nitrogens with zero attached hydrogens (tertiary/aromatic N) is 2. The molecular weight excluding hydrogens is 478 g/mol. The number of Topliss-reactive ketones (excluding diaryl/α,β-unsaturated/α-hetero) is 1. The Hall–Kier alpha value is -3.13. The molecule has 0 unspecified atom stereocenters. The molecule has 1 amide bonds. The van der Waals surface area contributed by atoms with Crippen LogP contribution in [0.2, 0.25) is 0 Å². The van der Waals surface area contributed by atoms with E-state index < -0.39 is 0 Å². The summed E-state index contributed by atoms with van der Waals surface area (Å²) in [6.45, 7) is 10.3. The lowest BCUT2D eigenvalue weighted by Crippen LogP contribution is -2.35. The molecule has 0 bridgehead atoms. The number of likely N-dealkylation sites (tertiary alicyclic amines) is 1. The van der Waals surface area contributed by atoms with Crippen molar-refractivity contribution < 1.29 is 14.3 Å². The highest BCUT2D eigenvalue weighted by Gasteiger charge is 2.35. The lowest BCUT2D eigenvalue weighted by Gasteiger charge is -2.29. The van der Waals surface area contributed by atoms with E-state index in [0.717, 1.165) is 85.5 Å². The van der Waals surface area contributed by atoms with Gasteiger partial charge in [-0.3, -0.25) is 9.59 Å². The van der Waals surface area contributed by atoms with Gasteiger partial charge in [-0.15, -0.1) is 0 Å². The fourth-order valence-corrected chi connectivity index (χ4v) is 5.92. The Labute approximate surface area is 224 Å². The summed E-state index contributed by atoms with van der Waals surface area (Å²) < 4.78 is 6.27. The molecule has 1 aliphatic heterocycles. The Morgan fingerprint density at radius 1 is 1.24 bits per heavy atom. The van der Waals surface area contributed by atoms with Crippen LogP contribution in [0.1, 0.15) is 103 Å². The second-order valence-corrected chi connectivity index (χ2v) is 12.0. The summed E-state index contributed by atoms with van der Waals surface area (Å²) in [5, 5.41) is 3.20. The third-order valence-corrected chi connectivity index (χ3v) is 8.05. The molecule has 2 aromatic heterocycles. The first-order valence-electron chi connectivity index (χ1n) is 14.0. The Bertz CT molecular complexity index is 1330. The molecule has 0 radical (unpaired) electrons. The van der Waals surface area contributed by atoms with Gasteiger partial charge in [0.25, 0.3) is 5.91 Å². The van der Waals surface area contributed by atoms with Crippen LogP contribution in [-0.2, 0) is 6.42 Å². The van der Waals surface area contributed by atoms with Gasteiger partial charge in [0.15, 0.2) is 5.78 Å². The van der Waals surface area contributed by atoms with Crippen LogP contribution in [0.3, 0.4) is 0 Å². The number of nitrogens with one attached hydrogen (secondary N) is 3. The van der Waals surface area contributed by atoms with Gasteiger partial charge in [-0.25, -0.2) is 4.98 Å². The molecule has 2 aliphatic rings. The lowest BCUT2D eigenvalue weighted by atomic mass is 9.75. The first-order valence-corrected chi connectivity index (χ1v) is 14.0. The molecule has 3 heterocycles. The quantitative estimate of drug-likeness (QED) is 0.365. The number of aromatic amines is 2. The number of benzene rings is 1. The summed E-state index contributed by atoms with van der Waals surface area (Å²) in [6.07, 6.45) is 6.28. The highest BCUT2D eigenvalue weighted by molar-refractivity contribution is 6.04. The maximum absolute atomic E-state index is 13.5. The summed E-state index contributed by atoms with van der Waals surface area (Å²) in [5.74, 6) is 1.50. The van der Waals surface area contributed by atoms with Crippen LogP contribution in [0, 0.1) is 12.3 Å². The van der Waals surface area contributed by atoms with E-state index in [1.165, 1.54) is 0 Å². The van der Waals surface area contributed by atoms with E-state index in [4.69, 9.17) is 9.72 Å². The van der Waals surface area contributed by atoms with Crippen molar-refractivity contribution in [1.82, 2.24) is 25.2 Å². The lowest BCUT2D eigenvalue weighted by molar-refractivity contribution is 0.0908. The van der Waals surface area contributed by atoms with Crippen molar-refractivity contribution >= 4 is 22.7 Å². The highest BCUT2D eigenvalue weighted by Crippen LogP contribution is 2.37. The molecule has 1 fully saturated rings. The Morgan fingerprint density at radius 3 is 2.74 bits per heavy atom. The van der Waals surface area contributed by atoms with E-state index >= 15 is 0 Å². The van der Waals surface area contributed by atoms with Gasteiger partial charge in [-0.1, -0.05) is 33.6 Å². The first kappa shape index (κ1) is 26.5. The first-order chi connectivity index (χ1) is 18.1. The van der Waals surface area contributed by atoms with E-state index in [1.54, 1.807) is 0 Å². The van der Waals surface area contributed by atoms with Crippen LogP contribution in [-0.4, -0.2) is 57.8 Å². The van der Waals surface area contributed by atoms with Gasteiger partial charge in [0.2, 0.25) is 0 Å². The summed E-state index contributed by atoms with van der Waals surface area (Å²) in [7, 11) is 2.15. The average Bonchev–Trinajstić information content (AvgIpc) is 3.43. The molecule has 8 nitrogen and oxygen atoms in total. The minimum atomic E-state index is -0.264. The third-order valence-electron chi connectivity index (χ3n) is 8.05. The average molecular weight is 520 g/mol. The molecule has 1 aliphatic carbocycles. The maximum Gasteiger partial charge on any atom is 0.268 e. The normalized spacial score (nSPS) is 18.9. The van der Waals surface area contributed by atoms with E-state index in [-0.39, 0.29) is 29.3 Å². The number of piperidine rings is 1. The van der Waals surface area contributed by atoms with Crippen molar-refractivity contribution in [3.8, 4) is 5.75 Å². The summed E-state index contributed by atoms with van der Waals surface area (Å²) >= 11 is 0. The zero-order valence-electron chi connectivity index (χ0n) is 23.4. The zero-order chi connectivity index (χ0) is 27.0. The third kappa shape index (κ3) is 5.51. The minimum Gasteiger partial charge on any atom is -0.490 e. The standard InChI is InChI=1S/C30H41N5O3/c1-6-7-8-22(34-29(37)27-18(2)26-24(31-27)16-30(3,4)17-25(26)36)28-32-21-10-9-20(15-23(21)33-28)38-19-11-13-35(5)14-12-19/h9-10,15,19,22,31H,6-8,11-14,16-17H2,1-5H3,(H,32,33)(H,34,37)/t22-/m0/s1. The largest absolute Gasteiger partial charge is 0.490 e. The SMILES string of the molecule is CCCC[C@H](NC(=O)c1[nH]c2c(c1C)C(=O)CC(C)(C)C2)c1nc2ccc(OC3CCN(C)CC3)cc2[nH]1. The van der Waals surface area contributed by atoms with Gasteiger partial charge in [-0.2, -0.15) is 0 Å². The molecule has 1 atom stereocenters. The van der Waals surface area contributed by atoms with Crippen molar-refractivity contribution in [2.45, 2.75) is 84.8 Å². The van der Waals surface area contributed by atoms with Crippen LogP contribution < -0.4 is 10.1 Å². The summed E-state index contributed by atoms with van der Waals surface area (Å²) in [4.78, 5) is 40.2. The number of ether oxygens (including phenoxy) is 1. The molecule has 3 aromatic rings. The van der Waals surface area contributed by atoms with Gasteiger partial charge in [0.1, 0.15) is 23.4 Å². The highest BCUT2D eigenvalue weighted by atomic mass is 16.5. The van der Waals surface area contributed by atoms with Gasteiger partial charge < -0.3 is 24.9 Å². The number of ketones is 1. The number of carbonyl (C=O) groups excluding carboxylic acids is 2. The van der Waals surface area contributed by atoms with E-state index in [9.17, 15) is 9.59 Å². The molecule has 8 heteroatoms. The number of aromatic nitrogens is 3. The minimum absolute atomic E-state index is 0.108. The van der Waals surface area contributed by atoms with E-state index in [2.05, 4.69) is 48.0 Å². The molecule has 204 valence electrons. The number of fused-ring (bicyclic) bond motifs is 2. The molecule has 1 aromatic carbocycles. The zero-order valence-corrected chi connectivity index (χ0v) is 23.4. The van der Waals surface area contributed by atoms with Crippen molar-refractivity contribution in [3.05, 3.63) is 46.5 Å². The van der Waals surface area contributed by atoms with Gasteiger partial charge in [-0.05, 0) is 62.8 Å². The molecule has 0 spiro atoms. The number of carbonyl (C=O) groups is 2. The maximum atomic E-state index is 13.5. The number of unbranched alkanes of at least 4 members (excludes halogenated alkanes) is 1. The molecule has 0 saturated carbocycles. The molecule has 3 N–H and O–H groups in total. The topological polar surface area (TPSA) is 103 Å². The van der Waals surface area contributed by atoms with Crippen LogP contribution in [0.25, 0.3) is 11.0 Å². The smallest absolute Gasteiger partial charge is 0.268 e. The molecule has 38 heavy (non-hydrogen) atoms. The van der Waals surface area contributed by atoms with Crippen molar-refractivity contribution in [1.29, 1.82) is 0 Å². The van der Waals surface area contributed by atoms with Crippen LogP contribution in [0.15, 0.2) is 18.2 Å². The van der Waals surface area contributed by atoms with Crippen molar-refractivity contribution in [2.24, 2.45) is 5.41 Å². The van der Waals surface area contributed by atoms with E-state index in [1.807, 2.05) is 25.1 Å². The van der Waals surface area contributed by atoms with Gasteiger partial charge in [0, 0.05) is 36.8 Å². The number of H-pyrrole nitrogens is 2. The number of amides is 1. The van der Waals surface area contributed by atoms with Gasteiger partial charge in [0.05, 0.1) is 17.1 Å². The fraction of sp³-hybridized carbons (Fsp3) is 0.567. The molecule has 1 saturated heterocycles. The molecule has 5 rings (SSSR count). The summed E-state index contributed by atoms with van der Waals surface area (Å²) in [5.41, 5.74) is 4.44. The number of rotatable bonds is 8. The number of imidazole rings is 1. The van der Waals surface area contributed by atoms with Crippen molar-refractivity contribution in [3.63, 3.8) is 0 Å². The van der Waals surface area contributed by atoms with E-state index in [0.29, 0.717) is 17.7 Å². The Balaban J connectivity index is 1.35. The van der Waals surface area contributed by atoms with Gasteiger partial charge >= 0.3 is 0 Å². The number of hydrogen-bond acceptors (Lipinski definition) is 5. The van der Waals surface area contributed by atoms with Crippen LogP contribution in [0.4, 0.5) is 0 Å². The predicted molar refractivity (Wildman–Crippen MR) is 149 cm³/mol. The predicted octanol–water partition coefficient (Wildman–Crippen LogP) is 5.49. The second-order valence-electron chi connectivity index (χ2n) is 12.0. The van der Waals surface area contributed by atoms with Crippen molar-refractivity contribution in [2.75, 3.05) is 20.1 Å². The Morgan fingerprint density at radius 2 is 2.00 bits per heavy atom. The van der Waals surface area contributed by atoms with Crippen LogP contribution >= 0.6 is 0 Å². The second kappa shape index (κ2) is 10.6. The van der Waals surface area contributed by atoms with Crippen LogP contribution in [0.5, 0.6) is 5.75 Å². The Kier molecular flexibility index (Phi) is 7.36. The fourth-order valence-electron chi connectivity index (χ4n) is 5.92.